The summed E-state index contributed by atoms with van der Waals surface area (Å²) in [4.78, 5) is 2.59. The van der Waals surface area contributed by atoms with Crippen LogP contribution in [0.5, 0.6) is 0 Å². The second-order valence-corrected chi connectivity index (χ2v) is 7.83. The summed E-state index contributed by atoms with van der Waals surface area (Å²) in [6.07, 6.45) is 7.42. The average Bonchev–Trinajstić information content (AvgIpc) is 2.60. The van der Waals surface area contributed by atoms with E-state index in [-0.39, 0.29) is 18.5 Å². The van der Waals surface area contributed by atoms with Crippen molar-refractivity contribution in [3.8, 4) is 0 Å². The van der Waals surface area contributed by atoms with Gasteiger partial charge >= 0.3 is 0 Å². The van der Waals surface area contributed by atoms with Crippen molar-refractivity contribution in [2.24, 2.45) is 11.7 Å². The molecule has 5 saturated heterocycles. The zero-order chi connectivity index (χ0) is 15.6. The van der Waals surface area contributed by atoms with E-state index < -0.39 is 0 Å². The van der Waals surface area contributed by atoms with Gasteiger partial charge in [-0.15, -0.1) is 0 Å². The zero-order valence-electron chi connectivity index (χ0n) is 14.1. The van der Waals surface area contributed by atoms with Gasteiger partial charge in [0.25, 0.3) is 0 Å². The molecular formula is C17H32N4O2. The molecule has 6 heteroatoms. The maximum absolute atomic E-state index is 6.09. The van der Waals surface area contributed by atoms with E-state index in [1.165, 1.54) is 32.5 Å². The molecule has 0 spiro atoms. The van der Waals surface area contributed by atoms with Gasteiger partial charge in [0.1, 0.15) is 12.5 Å². The minimum absolute atomic E-state index is 0.162. The molecular weight excluding hydrogens is 292 g/mol. The van der Waals surface area contributed by atoms with Crippen LogP contribution in [0.4, 0.5) is 0 Å². The first-order chi connectivity index (χ1) is 11.3. The molecule has 2 bridgehead atoms. The van der Waals surface area contributed by atoms with E-state index in [1.54, 1.807) is 0 Å². The summed E-state index contributed by atoms with van der Waals surface area (Å²) in [5, 5.41) is 7.37. The van der Waals surface area contributed by atoms with Gasteiger partial charge in [0, 0.05) is 24.7 Å². The van der Waals surface area contributed by atoms with E-state index in [0.29, 0.717) is 18.7 Å². The molecule has 0 amide bonds. The van der Waals surface area contributed by atoms with Gasteiger partial charge < -0.3 is 20.1 Å². The fourth-order valence-electron chi connectivity index (χ4n) is 4.57. The van der Waals surface area contributed by atoms with Gasteiger partial charge in [0.2, 0.25) is 0 Å². The molecule has 0 saturated carbocycles. The third-order valence-corrected chi connectivity index (χ3v) is 6.06. The maximum Gasteiger partial charge on any atom is 0.108 e. The quantitative estimate of drug-likeness (QED) is 0.688. The summed E-state index contributed by atoms with van der Waals surface area (Å²) < 4.78 is 11.9. The predicted molar refractivity (Wildman–Crippen MR) is 88.9 cm³/mol. The largest absolute Gasteiger partial charge is 0.362 e. The molecule has 5 aliphatic heterocycles. The lowest BCUT2D eigenvalue weighted by molar-refractivity contribution is -0.0707. The van der Waals surface area contributed by atoms with Crippen molar-refractivity contribution in [1.82, 2.24) is 15.5 Å². The first-order valence-electron chi connectivity index (χ1n) is 9.49. The van der Waals surface area contributed by atoms with Crippen LogP contribution in [0.15, 0.2) is 0 Å². The number of nitrogens with zero attached hydrogens (tertiary/aromatic N) is 1. The topological polar surface area (TPSA) is 71.8 Å². The van der Waals surface area contributed by atoms with Gasteiger partial charge in [0.05, 0.1) is 13.2 Å². The molecule has 5 heterocycles. The van der Waals surface area contributed by atoms with Gasteiger partial charge in [-0.1, -0.05) is 0 Å². The highest BCUT2D eigenvalue weighted by molar-refractivity contribution is 4.92. The van der Waals surface area contributed by atoms with Crippen molar-refractivity contribution in [3.63, 3.8) is 0 Å². The lowest BCUT2D eigenvalue weighted by atomic mass is 9.84. The van der Waals surface area contributed by atoms with Crippen molar-refractivity contribution in [2.75, 3.05) is 32.8 Å². The number of nitrogens with one attached hydrogen (secondary N) is 2. The molecule has 5 aliphatic rings. The van der Waals surface area contributed by atoms with E-state index in [4.69, 9.17) is 15.2 Å². The highest BCUT2D eigenvalue weighted by Gasteiger charge is 2.36. The maximum atomic E-state index is 6.09. The van der Waals surface area contributed by atoms with Crippen LogP contribution in [0.1, 0.15) is 38.5 Å². The molecule has 4 N–H and O–H groups in total. The summed E-state index contributed by atoms with van der Waals surface area (Å²) in [6, 6.07) is 1.26. The van der Waals surface area contributed by atoms with Crippen LogP contribution >= 0.6 is 0 Å². The SMILES string of the molecule is N[C@@H]1CCC(N[C@H]2CCC(NC3CN4CCC3CC4)OC2)OC1. The Hall–Kier alpha value is -0.240. The summed E-state index contributed by atoms with van der Waals surface area (Å²) in [7, 11) is 0. The number of hydrogen-bond acceptors (Lipinski definition) is 6. The molecule has 6 nitrogen and oxygen atoms in total. The Bertz CT molecular complexity index is 373. The monoisotopic (exact) mass is 324 g/mol. The highest BCUT2D eigenvalue weighted by atomic mass is 16.5. The fourth-order valence-corrected chi connectivity index (χ4v) is 4.57. The molecule has 0 aromatic carbocycles. The van der Waals surface area contributed by atoms with Crippen LogP contribution in [-0.2, 0) is 9.47 Å². The van der Waals surface area contributed by atoms with Gasteiger partial charge in [-0.2, -0.15) is 0 Å². The van der Waals surface area contributed by atoms with Crippen LogP contribution in [0.25, 0.3) is 0 Å². The predicted octanol–water partition coefficient (Wildman–Crippen LogP) is 0.229. The number of piperidine rings is 3. The Balaban J connectivity index is 1.18. The first kappa shape index (κ1) is 16.2. The molecule has 0 aromatic rings. The standard InChI is InChI=1S/C17H32N4O2/c18-13-1-3-16(22-10-13)19-14-2-4-17(23-11-14)20-15-9-21-7-5-12(15)6-8-21/h12-17,19-20H,1-11,18H2/t13-,14+,15?,16?,17?/m1/s1. The van der Waals surface area contributed by atoms with Crippen LogP contribution in [0.2, 0.25) is 0 Å². The Kier molecular flexibility index (Phi) is 5.18. The smallest absolute Gasteiger partial charge is 0.108 e. The third-order valence-electron chi connectivity index (χ3n) is 6.06. The summed E-state index contributed by atoms with van der Waals surface area (Å²) in [5.74, 6) is 0.860. The molecule has 5 fully saturated rings. The van der Waals surface area contributed by atoms with E-state index in [1.807, 2.05) is 0 Å². The zero-order valence-corrected chi connectivity index (χ0v) is 14.1. The molecule has 5 atom stereocenters. The first-order valence-corrected chi connectivity index (χ1v) is 9.49. The van der Waals surface area contributed by atoms with Gasteiger partial charge in [0.15, 0.2) is 0 Å². The van der Waals surface area contributed by atoms with Crippen molar-refractivity contribution in [1.29, 1.82) is 0 Å². The minimum atomic E-state index is 0.162. The number of hydrogen-bond donors (Lipinski definition) is 3. The van der Waals surface area contributed by atoms with E-state index in [9.17, 15) is 0 Å². The van der Waals surface area contributed by atoms with Crippen LogP contribution in [-0.4, -0.2) is 68.3 Å². The van der Waals surface area contributed by atoms with Gasteiger partial charge in [-0.3, -0.25) is 10.6 Å². The second-order valence-electron chi connectivity index (χ2n) is 7.83. The van der Waals surface area contributed by atoms with Crippen LogP contribution in [0.3, 0.4) is 0 Å². The third kappa shape index (κ3) is 4.06. The van der Waals surface area contributed by atoms with E-state index in [0.717, 1.165) is 38.2 Å². The van der Waals surface area contributed by atoms with E-state index >= 15 is 0 Å². The van der Waals surface area contributed by atoms with E-state index in [2.05, 4.69) is 15.5 Å². The number of rotatable bonds is 4. The molecule has 3 unspecified atom stereocenters. The lowest BCUT2D eigenvalue weighted by Gasteiger charge is -2.46. The highest BCUT2D eigenvalue weighted by Crippen LogP contribution is 2.28. The van der Waals surface area contributed by atoms with Crippen molar-refractivity contribution < 1.29 is 9.47 Å². The number of nitrogens with two attached hydrogens (primary N) is 1. The van der Waals surface area contributed by atoms with Gasteiger partial charge in [-0.25, -0.2) is 0 Å². The molecule has 0 aliphatic carbocycles. The molecule has 23 heavy (non-hydrogen) atoms. The summed E-state index contributed by atoms with van der Waals surface area (Å²) in [5.41, 5.74) is 5.87. The Labute approximate surface area is 139 Å². The molecule has 0 radical (unpaired) electrons. The Morgan fingerprint density at radius 2 is 1.57 bits per heavy atom. The molecule has 132 valence electrons. The van der Waals surface area contributed by atoms with Crippen molar-refractivity contribution in [2.45, 2.75) is 69.1 Å². The molecule has 0 aromatic heterocycles. The number of ether oxygens (including phenoxy) is 2. The summed E-state index contributed by atoms with van der Waals surface area (Å²) >= 11 is 0. The Morgan fingerprint density at radius 1 is 0.826 bits per heavy atom. The summed E-state index contributed by atoms with van der Waals surface area (Å²) in [6.45, 7) is 5.26. The second kappa shape index (κ2) is 7.33. The molecule has 5 rings (SSSR count). The average molecular weight is 324 g/mol. The van der Waals surface area contributed by atoms with Gasteiger partial charge in [-0.05, 0) is 57.5 Å². The minimum Gasteiger partial charge on any atom is -0.362 e. The number of fused-ring (bicyclic) bond motifs is 3. The van der Waals surface area contributed by atoms with Crippen molar-refractivity contribution >= 4 is 0 Å². The van der Waals surface area contributed by atoms with Crippen LogP contribution < -0.4 is 16.4 Å². The van der Waals surface area contributed by atoms with Crippen LogP contribution in [0, 0.1) is 5.92 Å². The fraction of sp³-hybridized carbons (Fsp3) is 1.00. The Morgan fingerprint density at radius 3 is 2.17 bits per heavy atom. The van der Waals surface area contributed by atoms with Crippen molar-refractivity contribution in [3.05, 3.63) is 0 Å². The normalized spacial score (nSPS) is 47.6. The lowest BCUT2D eigenvalue weighted by Crippen LogP contribution is -2.59.